The molecule has 1 heterocycles. The van der Waals surface area contributed by atoms with Gasteiger partial charge >= 0.3 is 0 Å². The summed E-state index contributed by atoms with van der Waals surface area (Å²) in [6, 6.07) is 3.81. The smallest absolute Gasteiger partial charge is 0.0659 e. The molecule has 1 aromatic rings. The highest BCUT2D eigenvalue weighted by Crippen LogP contribution is 2.38. The highest BCUT2D eigenvalue weighted by atomic mass is 127. The van der Waals surface area contributed by atoms with Gasteiger partial charge in [-0.15, -0.1) is 11.3 Å². The van der Waals surface area contributed by atoms with E-state index in [-0.39, 0.29) is 0 Å². The predicted octanol–water partition coefficient (Wildman–Crippen LogP) is 5.68. The first-order valence-corrected chi connectivity index (χ1v) is 10.2. The lowest BCUT2D eigenvalue weighted by atomic mass is 9.82. The van der Waals surface area contributed by atoms with Crippen molar-refractivity contribution in [2.45, 2.75) is 76.8 Å². The van der Waals surface area contributed by atoms with Crippen molar-refractivity contribution >= 4 is 33.9 Å². The van der Waals surface area contributed by atoms with E-state index >= 15 is 0 Å². The number of fused-ring (bicyclic) bond motifs is 1. The van der Waals surface area contributed by atoms with Crippen LogP contribution in [0, 0.1) is 8.80 Å². The summed E-state index contributed by atoms with van der Waals surface area (Å²) in [6.07, 6.45) is 12.6. The molecule has 0 aromatic carbocycles. The summed E-state index contributed by atoms with van der Waals surface area (Å²) < 4.78 is 1.46. The minimum Gasteiger partial charge on any atom is -0.307 e. The molecule has 0 spiro atoms. The molecule has 112 valence electrons. The number of rotatable bonds is 4. The fraction of sp³-hybridized carbons (Fsp3) is 0.765. The first-order chi connectivity index (χ1) is 9.78. The molecule has 0 radical (unpaired) electrons. The van der Waals surface area contributed by atoms with Crippen LogP contribution in [0.3, 0.4) is 0 Å². The van der Waals surface area contributed by atoms with Gasteiger partial charge in [0.05, 0.1) is 2.88 Å². The van der Waals surface area contributed by atoms with E-state index in [0.29, 0.717) is 6.04 Å². The number of hydrogen-bond donors (Lipinski definition) is 1. The molecule has 0 bridgehead atoms. The Labute approximate surface area is 141 Å². The Balaban J connectivity index is 1.69. The maximum absolute atomic E-state index is 4.05. The summed E-state index contributed by atoms with van der Waals surface area (Å²) in [5.74, 6) is 0.928. The van der Waals surface area contributed by atoms with Crippen LogP contribution in [-0.4, -0.2) is 6.04 Å². The predicted molar refractivity (Wildman–Crippen MR) is 96.5 cm³/mol. The summed E-state index contributed by atoms with van der Waals surface area (Å²) in [6.45, 7) is 2.37. The second-order valence-corrected chi connectivity index (χ2v) is 9.48. The lowest BCUT2D eigenvalue weighted by Gasteiger charge is -2.35. The van der Waals surface area contributed by atoms with Gasteiger partial charge in [-0.1, -0.05) is 26.2 Å². The second-order valence-electron chi connectivity index (χ2n) is 6.45. The van der Waals surface area contributed by atoms with Crippen LogP contribution in [0.1, 0.15) is 74.8 Å². The molecule has 2 aliphatic rings. The van der Waals surface area contributed by atoms with Gasteiger partial charge in [0.2, 0.25) is 0 Å². The van der Waals surface area contributed by atoms with Gasteiger partial charge < -0.3 is 5.32 Å². The number of halogens is 1. The molecule has 3 rings (SSSR count). The van der Waals surface area contributed by atoms with Crippen molar-refractivity contribution in [2.24, 2.45) is 5.92 Å². The summed E-state index contributed by atoms with van der Waals surface area (Å²) >= 11 is 4.50. The van der Waals surface area contributed by atoms with Gasteiger partial charge in [-0.2, -0.15) is 0 Å². The van der Waals surface area contributed by atoms with E-state index in [2.05, 4.69) is 40.9 Å². The Hall–Kier alpha value is 0.390. The first-order valence-electron chi connectivity index (χ1n) is 8.32. The maximum Gasteiger partial charge on any atom is 0.0659 e. The van der Waals surface area contributed by atoms with E-state index in [4.69, 9.17) is 0 Å². The highest BCUT2D eigenvalue weighted by Gasteiger charge is 2.28. The average molecular weight is 403 g/mol. The van der Waals surface area contributed by atoms with E-state index in [1.54, 1.807) is 10.4 Å². The summed E-state index contributed by atoms with van der Waals surface area (Å²) in [4.78, 5) is 1.65. The van der Waals surface area contributed by atoms with Crippen molar-refractivity contribution in [3.05, 3.63) is 19.4 Å². The molecule has 2 unspecified atom stereocenters. The summed E-state index contributed by atoms with van der Waals surface area (Å²) in [5, 5.41) is 4.05. The normalized spacial score (nSPS) is 25.4. The number of thiophene rings is 1. The average Bonchev–Trinajstić information content (AvgIpc) is 2.86. The molecule has 1 aromatic heterocycles. The third kappa shape index (κ3) is 3.41. The standard InChI is InChI=1S/C17H26INS/c1-2-14(12-7-4-3-5-8-12)19-15-9-6-10-16-13(15)11-17(18)20-16/h11-12,14-15,19H,2-10H2,1H3. The van der Waals surface area contributed by atoms with Crippen LogP contribution < -0.4 is 5.32 Å². The van der Waals surface area contributed by atoms with Crippen molar-refractivity contribution in [1.29, 1.82) is 0 Å². The van der Waals surface area contributed by atoms with Crippen molar-refractivity contribution < 1.29 is 0 Å². The third-order valence-corrected chi connectivity index (χ3v) is 7.13. The van der Waals surface area contributed by atoms with E-state index < -0.39 is 0 Å². The lowest BCUT2D eigenvalue weighted by molar-refractivity contribution is 0.239. The van der Waals surface area contributed by atoms with Crippen molar-refractivity contribution in [3.8, 4) is 0 Å². The van der Waals surface area contributed by atoms with Crippen LogP contribution >= 0.6 is 33.9 Å². The molecular weight excluding hydrogens is 377 g/mol. The van der Waals surface area contributed by atoms with Gasteiger partial charge in [-0.3, -0.25) is 0 Å². The fourth-order valence-electron chi connectivity index (χ4n) is 4.08. The quantitative estimate of drug-likeness (QED) is 0.638. The Morgan fingerprint density at radius 2 is 2.05 bits per heavy atom. The largest absolute Gasteiger partial charge is 0.307 e. The number of nitrogens with one attached hydrogen (secondary N) is 1. The van der Waals surface area contributed by atoms with Crippen LogP contribution in [0.5, 0.6) is 0 Å². The van der Waals surface area contributed by atoms with Gasteiger partial charge in [0.1, 0.15) is 0 Å². The summed E-state index contributed by atoms with van der Waals surface area (Å²) in [5.41, 5.74) is 1.62. The van der Waals surface area contributed by atoms with Crippen molar-refractivity contribution in [2.75, 3.05) is 0 Å². The van der Waals surface area contributed by atoms with Gasteiger partial charge in [0.15, 0.2) is 0 Å². The molecule has 0 amide bonds. The lowest BCUT2D eigenvalue weighted by Crippen LogP contribution is -2.40. The van der Waals surface area contributed by atoms with Crippen molar-refractivity contribution in [1.82, 2.24) is 5.32 Å². The molecule has 20 heavy (non-hydrogen) atoms. The van der Waals surface area contributed by atoms with Gasteiger partial charge in [0.25, 0.3) is 0 Å². The minimum atomic E-state index is 0.630. The zero-order chi connectivity index (χ0) is 13.9. The maximum atomic E-state index is 4.05. The highest BCUT2D eigenvalue weighted by molar-refractivity contribution is 14.1. The molecule has 0 saturated heterocycles. The Bertz CT molecular complexity index is 436. The van der Waals surface area contributed by atoms with Crippen LogP contribution in [-0.2, 0) is 6.42 Å². The molecule has 1 saturated carbocycles. The van der Waals surface area contributed by atoms with Crippen LogP contribution in [0.15, 0.2) is 6.07 Å². The zero-order valence-corrected chi connectivity index (χ0v) is 15.4. The molecule has 1 N–H and O–H groups in total. The topological polar surface area (TPSA) is 12.0 Å². The molecule has 3 heteroatoms. The monoisotopic (exact) mass is 403 g/mol. The molecule has 0 aliphatic heterocycles. The summed E-state index contributed by atoms with van der Waals surface area (Å²) in [7, 11) is 0. The second kappa shape index (κ2) is 7.10. The number of aryl methyl sites for hydroxylation is 1. The van der Waals surface area contributed by atoms with Crippen LogP contribution in [0.2, 0.25) is 0 Å². The van der Waals surface area contributed by atoms with Gasteiger partial charge in [0, 0.05) is 17.0 Å². The molecule has 2 aliphatic carbocycles. The Morgan fingerprint density at radius 3 is 2.80 bits per heavy atom. The number of hydrogen-bond acceptors (Lipinski definition) is 2. The zero-order valence-electron chi connectivity index (χ0n) is 12.5. The van der Waals surface area contributed by atoms with E-state index in [1.807, 2.05) is 11.3 Å². The Kier molecular flexibility index (Phi) is 5.43. The van der Waals surface area contributed by atoms with Crippen LogP contribution in [0.4, 0.5) is 0 Å². The molecular formula is C17H26INS. The van der Waals surface area contributed by atoms with Gasteiger partial charge in [-0.05, 0) is 78.7 Å². The fourth-order valence-corrected chi connectivity index (χ4v) is 6.20. The third-order valence-electron chi connectivity index (χ3n) is 5.16. The Morgan fingerprint density at radius 1 is 1.25 bits per heavy atom. The first kappa shape index (κ1) is 15.3. The van der Waals surface area contributed by atoms with E-state index in [9.17, 15) is 0 Å². The van der Waals surface area contributed by atoms with Crippen molar-refractivity contribution in [3.63, 3.8) is 0 Å². The van der Waals surface area contributed by atoms with E-state index in [1.165, 1.54) is 60.7 Å². The molecule has 1 nitrogen and oxygen atoms in total. The molecule has 1 fully saturated rings. The van der Waals surface area contributed by atoms with Crippen LogP contribution in [0.25, 0.3) is 0 Å². The SMILES string of the molecule is CCC(NC1CCCc2sc(I)cc21)C1CCCCC1. The minimum absolute atomic E-state index is 0.630. The molecule has 2 atom stereocenters. The van der Waals surface area contributed by atoms with Gasteiger partial charge in [-0.25, -0.2) is 0 Å². The van der Waals surface area contributed by atoms with E-state index in [0.717, 1.165) is 12.0 Å².